The van der Waals surface area contributed by atoms with Crippen LogP contribution in [0.5, 0.6) is 11.5 Å². The summed E-state index contributed by atoms with van der Waals surface area (Å²) in [6.07, 6.45) is 1.09. The first-order valence-corrected chi connectivity index (χ1v) is 9.98. The first kappa shape index (κ1) is 19.1. The monoisotopic (exact) mass is 395 g/mol. The average Bonchev–Trinajstić information content (AvgIpc) is 2.99. The van der Waals surface area contributed by atoms with E-state index in [1.54, 1.807) is 21.9 Å². The Labute approximate surface area is 170 Å². The van der Waals surface area contributed by atoms with Crippen molar-refractivity contribution in [2.45, 2.75) is 18.9 Å². The van der Waals surface area contributed by atoms with E-state index in [1.165, 1.54) is 5.56 Å². The van der Waals surface area contributed by atoms with Crippen LogP contribution in [-0.2, 0) is 6.42 Å². The van der Waals surface area contributed by atoms with E-state index < -0.39 is 0 Å². The van der Waals surface area contributed by atoms with Gasteiger partial charge < -0.3 is 24.6 Å². The summed E-state index contributed by atoms with van der Waals surface area (Å²) >= 11 is 0. The van der Waals surface area contributed by atoms with E-state index in [-0.39, 0.29) is 18.2 Å². The molecule has 1 fully saturated rings. The minimum Gasteiger partial charge on any atom is -0.488 e. The second-order valence-corrected chi connectivity index (χ2v) is 7.25. The predicted octanol–water partition coefficient (Wildman–Crippen LogP) is 2.91. The molecule has 0 saturated carbocycles. The third-order valence-corrected chi connectivity index (χ3v) is 5.18. The van der Waals surface area contributed by atoms with Crippen LogP contribution in [0, 0.1) is 0 Å². The zero-order valence-corrected chi connectivity index (χ0v) is 16.3. The van der Waals surface area contributed by atoms with Gasteiger partial charge in [-0.05, 0) is 30.2 Å². The van der Waals surface area contributed by atoms with Gasteiger partial charge in [-0.25, -0.2) is 9.59 Å². The molecule has 2 heterocycles. The standard InChI is InChI=1S/C22H25N3O4/c26-21(23-16-19-15-17-7-4-5-10-20(17)28-19)24-11-6-12-25(14-13-24)22(27)29-18-8-2-1-3-9-18/h1-5,7-10,19H,6,11-16H2,(H,23,26)/t19-/m1/s1. The van der Waals surface area contributed by atoms with Gasteiger partial charge in [0.1, 0.15) is 17.6 Å². The molecule has 1 N–H and O–H groups in total. The summed E-state index contributed by atoms with van der Waals surface area (Å²) in [5.74, 6) is 1.42. The molecule has 1 saturated heterocycles. The number of amides is 3. The summed E-state index contributed by atoms with van der Waals surface area (Å²) in [5.41, 5.74) is 1.18. The van der Waals surface area contributed by atoms with Crippen molar-refractivity contribution < 1.29 is 19.1 Å². The molecule has 0 unspecified atom stereocenters. The van der Waals surface area contributed by atoms with E-state index in [4.69, 9.17) is 9.47 Å². The Bertz CT molecular complexity index is 833. The molecule has 7 nitrogen and oxygen atoms in total. The molecular formula is C22H25N3O4. The molecule has 3 amide bonds. The number of rotatable bonds is 3. The first-order valence-electron chi connectivity index (χ1n) is 9.98. The van der Waals surface area contributed by atoms with Gasteiger partial charge in [0.25, 0.3) is 0 Å². The van der Waals surface area contributed by atoms with Crippen LogP contribution in [0.4, 0.5) is 9.59 Å². The highest BCUT2D eigenvalue weighted by atomic mass is 16.6. The van der Waals surface area contributed by atoms with Crippen molar-refractivity contribution >= 4 is 12.1 Å². The molecule has 1 atom stereocenters. The first-order chi connectivity index (χ1) is 14.2. The van der Waals surface area contributed by atoms with Crippen molar-refractivity contribution in [2.24, 2.45) is 0 Å². The molecule has 152 valence electrons. The second-order valence-electron chi connectivity index (χ2n) is 7.25. The third kappa shape index (κ3) is 4.80. The lowest BCUT2D eigenvalue weighted by atomic mass is 10.1. The van der Waals surface area contributed by atoms with Crippen molar-refractivity contribution in [1.29, 1.82) is 0 Å². The summed E-state index contributed by atoms with van der Waals surface area (Å²) in [5, 5.41) is 2.97. The van der Waals surface area contributed by atoms with Gasteiger partial charge in [-0.3, -0.25) is 0 Å². The van der Waals surface area contributed by atoms with Gasteiger partial charge in [0.05, 0.1) is 6.54 Å². The normalized spacial score (nSPS) is 18.4. The van der Waals surface area contributed by atoms with Crippen molar-refractivity contribution in [1.82, 2.24) is 15.1 Å². The van der Waals surface area contributed by atoms with Gasteiger partial charge in [0, 0.05) is 32.6 Å². The lowest BCUT2D eigenvalue weighted by Crippen LogP contribution is -2.45. The summed E-state index contributed by atoms with van der Waals surface area (Å²) in [7, 11) is 0. The Morgan fingerprint density at radius 2 is 1.69 bits per heavy atom. The third-order valence-electron chi connectivity index (χ3n) is 5.18. The molecule has 7 heteroatoms. The molecule has 0 aliphatic carbocycles. The molecule has 4 rings (SSSR count). The zero-order chi connectivity index (χ0) is 20.1. The largest absolute Gasteiger partial charge is 0.488 e. The maximum atomic E-state index is 12.6. The van der Waals surface area contributed by atoms with Crippen molar-refractivity contribution in [3.63, 3.8) is 0 Å². The lowest BCUT2D eigenvalue weighted by Gasteiger charge is -2.23. The van der Waals surface area contributed by atoms with Gasteiger partial charge in [-0.2, -0.15) is 0 Å². The molecular weight excluding hydrogens is 370 g/mol. The number of carbonyl (C=O) groups is 2. The van der Waals surface area contributed by atoms with Crippen molar-refractivity contribution in [3.8, 4) is 11.5 Å². The molecule has 0 bridgehead atoms. The number of nitrogens with one attached hydrogen (secondary N) is 1. The molecule has 29 heavy (non-hydrogen) atoms. The van der Waals surface area contributed by atoms with E-state index in [1.807, 2.05) is 36.4 Å². The van der Waals surface area contributed by atoms with Gasteiger partial charge in [0.15, 0.2) is 0 Å². The molecule has 0 spiro atoms. The van der Waals surface area contributed by atoms with Gasteiger partial charge in [-0.1, -0.05) is 36.4 Å². The molecule has 2 aliphatic heterocycles. The molecule has 2 aromatic carbocycles. The van der Waals surface area contributed by atoms with Gasteiger partial charge in [-0.15, -0.1) is 0 Å². The number of para-hydroxylation sites is 2. The number of nitrogens with zero attached hydrogens (tertiary/aromatic N) is 2. The van der Waals surface area contributed by atoms with Crippen LogP contribution in [0.2, 0.25) is 0 Å². The molecule has 2 aliphatic rings. The highest BCUT2D eigenvalue weighted by molar-refractivity contribution is 5.75. The van der Waals surface area contributed by atoms with Crippen LogP contribution < -0.4 is 14.8 Å². The number of ether oxygens (including phenoxy) is 2. The minimum absolute atomic E-state index is 0.0410. The lowest BCUT2D eigenvalue weighted by molar-refractivity contribution is 0.152. The predicted molar refractivity (Wildman–Crippen MR) is 108 cm³/mol. The van der Waals surface area contributed by atoms with E-state index >= 15 is 0 Å². The highest BCUT2D eigenvalue weighted by Crippen LogP contribution is 2.27. The Kier molecular flexibility index (Phi) is 5.84. The molecule has 2 aromatic rings. The fraction of sp³-hybridized carbons (Fsp3) is 0.364. The van der Waals surface area contributed by atoms with Crippen LogP contribution in [0.25, 0.3) is 0 Å². The number of hydrogen-bond acceptors (Lipinski definition) is 4. The van der Waals surface area contributed by atoms with Crippen LogP contribution in [0.3, 0.4) is 0 Å². The average molecular weight is 395 g/mol. The van der Waals surface area contributed by atoms with Gasteiger partial charge in [0.2, 0.25) is 0 Å². The van der Waals surface area contributed by atoms with E-state index in [0.717, 1.165) is 12.2 Å². The second kappa shape index (κ2) is 8.86. The Balaban J connectivity index is 1.23. The maximum Gasteiger partial charge on any atom is 0.415 e. The van der Waals surface area contributed by atoms with Crippen LogP contribution >= 0.6 is 0 Å². The van der Waals surface area contributed by atoms with Crippen molar-refractivity contribution in [3.05, 3.63) is 60.2 Å². The summed E-state index contributed by atoms with van der Waals surface area (Å²) in [6, 6.07) is 16.8. The molecule has 0 aromatic heterocycles. The Morgan fingerprint density at radius 1 is 0.966 bits per heavy atom. The zero-order valence-electron chi connectivity index (χ0n) is 16.3. The number of carbonyl (C=O) groups excluding carboxylic acids is 2. The van der Waals surface area contributed by atoms with Crippen LogP contribution in [0.1, 0.15) is 12.0 Å². The van der Waals surface area contributed by atoms with Crippen LogP contribution in [0.15, 0.2) is 54.6 Å². The summed E-state index contributed by atoms with van der Waals surface area (Å²) in [4.78, 5) is 28.3. The van der Waals surface area contributed by atoms with Crippen molar-refractivity contribution in [2.75, 3.05) is 32.7 Å². The molecule has 0 radical (unpaired) electrons. The number of fused-ring (bicyclic) bond motifs is 1. The number of urea groups is 1. The van der Waals surface area contributed by atoms with E-state index in [9.17, 15) is 9.59 Å². The Morgan fingerprint density at radius 3 is 2.52 bits per heavy atom. The smallest absolute Gasteiger partial charge is 0.415 e. The fourth-order valence-electron chi connectivity index (χ4n) is 3.64. The van der Waals surface area contributed by atoms with Gasteiger partial charge >= 0.3 is 12.1 Å². The Hall–Kier alpha value is -3.22. The number of benzene rings is 2. The maximum absolute atomic E-state index is 12.6. The topological polar surface area (TPSA) is 71.1 Å². The summed E-state index contributed by atoms with van der Waals surface area (Å²) in [6.45, 7) is 2.55. The van der Waals surface area contributed by atoms with E-state index in [0.29, 0.717) is 44.9 Å². The number of hydrogen-bond donors (Lipinski definition) is 1. The minimum atomic E-state index is -0.379. The van der Waals surface area contributed by atoms with Crippen LogP contribution in [-0.4, -0.2) is 60.8 Å². The fourth-order valence-corrected chi connectivity index (χ4v) is 3.64. The summed E-state index contributed by atoms with van der Waals surface area (Å²) < 4.78 is 11.3. The quantitative estimate of drug-likeness (QED) is 0.868. The van der Waals surface area contributed by atoms with E-state index in [2.05, 4.69) is 11.4 Å². The highest BCUT2D eigenvalue weighted by Gasteiger charge is 2.26. The SMILES string of the molecule is O=C(NC[C@H]1Cc2ccccc2O1)N1CCCN(C(=O)Oc2ccccc2)CC1.